The van der Waals surface area contributed by atoms with Gasteiger partial charge in [0.05, 0.1) is 18.0 Å². The van der Waals surface area contributed by atoms with Gasteiger partial charge in [0.15, 0.2) is 0 Å². The minimum atomic E-state index is -0.393. The normalized spacial score (nSPS) is 21.4. The van der Waals surface area contributed by atoms with Gasteiger partial charge in [-0.2, -0.15) is 5.26 Å². The van der Waals surface area contributed by atoms with Crippen LogP contribution in [-0.4, -0.2) is 48.4 Å². The van der Waals surface area contributed by atoms with Crippen molar-refractivity contribution < 1.29 is 4.79 Å². The van der Waals surface area contributed by atoms with E-state index in [1.807, 2.05) is 30.1 Å². The van der Waals surface area contributed by atoms with Crippen molar-refractivity contribution in [2.45, 2.75) is 56.4 Å². The molecule has 0 radical (unpaired) electrons. The van der Waals surface area contributed by atoms with Crippen LogP contribution in [-0.2, 0) is 10.2 Å². The number of likely N-dealkylation sites (N-methyl/N-ethyl adjacent to an activating group) is 1. The summed E-state index contributed by atoms with van der Waals surface area (Å²) < 4.78 is 0. The van der Waals surface area contributed by atoms with E-state index in [2.05, 4.69) is 23.1 Å². The first-order chi connectivity index (χ1) is 12.1. The maximum absolute atomic E-state index is 12.6. The van der Waals surface area contributed by atoms with Crippen molar-refractivity contribution in [3.05, 3.63) is 35.9 Å². The van der Waals surface area contributed by atoms with Gasteiger partial charge in [0.2, 0.25) is 5.91 Å². The van der Waals surface area contributed by atoms with Gasteiger partial charge in [0, 0.05) is 26.2 Å². The molecule has 25 heavy (non-hydrogen) atoms. The number of rotatable bonds is 4. The molecule has 1 aromatic rings. The molecule has 1 aliphatic heterocycles. The number of benzene rings is 1. The lowest BCUT2D eigenvalue weighted by atomic mass is 9.74. The van der Waals surface area contributed by atoms with Crippen molar-refractivity contribution in [2.75, 3.05) is 26.7 Å². The fraction of sp³-hybridized carbons (Fsp3) is 0.619. The lowest BCUT2D eigenvalue weighted by Gasteiger charge is -2.38. The molecule has 0 atom stereocenters. The molecule has 4 nitrogen and oxygen atoms in total. The Hall–Kier alpha value is -1.86. The predicted octanol–water partition coefficient (Wildman–Crippen LogP) is 3.33. The standard InChI is InChI=1S/C21H29N3O/c1-23(19-10-6-3-7-11-19)20(25)16-24-14-12-21(17-22,13-15-24)18-8-4-2-5-9-18/h2,4-5,8-9,19H,3,6-7,10-16H2,1H3. The topological polar surface area (TPSA) is 47.3 Å². The van der Waals surface area contributed by atoms with Crippen LogP contribution in [0.2, 0.25) is 0 Å². The number of hydrogen-bond donors (Lipinski definition) is 0. The molecule has 0 bridgehead atoms. The van der Waals surface area contributed by atoms with Crippen LogP contribution in [0.1, 0.15) is 50.5 Å². The van der Waals surface area contributed by atoms with Crippen molar-refractivity contribution >= 4 is 5.91 Å². The van der Waals surface area contributed by atoms with Gasteiger partial charge in [-0.25, -0.2) is 0 Å². The number of piperidine rings is 1. The van der Waals surface area contributed by atoms with Gasteiger partial charge in [-0.1, -0.05) is 49.6 Å². The quantitative estimate of drug-likeness (QED) is 0.845. The third-order valence-corrected chi connectivity index (χ3v) is 6.12. The van der Waals surface area contributed by atoms with Crippen molar-refractivity contribution in [1.29, 1.82) is 5.26 Å². The van der Waals surface area contributed by atoms with Crippen LogP contribution in [0.5, 0.6) is 0 Å². The molecule has 3 rings (SSSR count). The Kier molecular flexibility index (Phi) is 5.75. The zero-order chi connectivity index (χ0) is 17.7. The van der Waals surface area contributed by atoms with Gasteiger partial charge in [-0.3, -0.25) is 9.69 Å². The second kappa shape index (κ2) is 8.01. The van der Waals surface area contributed by atoms with E-state index >= 15 is 0 Å². The van der Waals surface area contributed by atoms with Crippen molar-refractivity contribution in [3.63, 3.8) is 0 Å². The number of nitrogens with zero attached hydrogens (tertiary/aromatic N) is 3. The monoisotopic (exact) mass is 339 g/mol. The Morgan fingerprint density at radius 3 is 2.44 bits per heavy atom. The molecule has 1 aliphatic carbocycles. The Balaban J connectivity index is 1.55. The van der Waals surface area contributed by atoms with Gasteiger partial charge in [-0.15, -0.1) is 0 Å². The first kappa shape index (κ1) is 17.9. The van der Waals surface area contributed by atoms with Gasteiger partial charge >= 0.3 is 0 Å². The Bertz CT molecular complexity index is 608. The second-order valence-electron chi connectivity index (χ2n) is 7.63. The summed E-state index contributed by atoms with van der Waals surface area (Å²) in [5.41, 5.74) is 0.721. The van der Waals surface area contributed by atoms with Gasteiger partial charge in [-0.05, 0) is 31.2 Å². The molecule has 1 saturated heterocycles. The Morgan fingerprint density at radius 1 is 1.20 bits per heavy atom. The summed E-state index contributed by atoms with van der Waals surface area (Å²) in [6.07, 6.45) is 7.69. The molecular formula is C21H29N3O. The lowest BCUT2D eigenvalue weighted by molar-refractivity contribution is -0.134. The van der Waals surface area contributed by atoms with Crippen molar-refractivity contribution in [2.24, 2.45) is 0 Å². The molecule has 134 valence electrons. The highest BCUT2D eigenvalue weighted by atomic mass is 16.2. The summed E-state index contributed by atoms with van der Waals surface area (Å²) in [6, 6.07) is 13.1. The highest BCUT2D eigenvalue weighted by Crippen LogP contribution is 2.34. The molecule has 2 aliphatic rings. The van der Waals surface area contributed by atoms with Crippen molar-refractivity contribution in [3.8, 4) is 6.07 Å². The van der Waals surface area contributed by atoms with Crippen LogP contribution in [0.3, 0.4) is 0 Å². The van der Waals surface area contributed by atoms with Crippen LogP contribution < -0.4 is 0 Å². The number of likely N-dealkylation sites (tertiary alicyclic amines) is 1. The van der Waals surface area contributed by atoms with E-state index in [4.69, 9.17) is 0 Å². The number of amides is 1. The number of carbonyl (C=O) groups is 1. The zero-order valence-electron chi connectivity index (χ0n) is 15.3. The fourth-order valence-electron chi connectivity index (χ4n) is 4.29. The van der Waals surface area contributed by atoms with Gasteiger partial charge in [0.1, 0.15) is 0 Å². The van der Waals surface area contributed by atoms with Crippen LogP contribution >= 0.6 is 0 Å². The summed E-state index contributed by atoms with van der Waals surface area (Å²) in [4.78, 5) is 16.8. The van der Waals surface area contributed by atoms with Gasteiger partial charge < -0.3 is 4.90 Å². The summed E-state index contributed by atoms with van der Waals surface area (Å²) >= 11 is 0. The van der Waals surface area contributed by atoms with E-state index in [1.165, 1.54) is 19.3 Å². The average Bonchev–Trinajstić information content (AvgIpc) is 2.69. The largest absolute Gasteiger partial charge is 0.342 e. The molecular weight excluding hydrogens is 310 g/mol. The maximum Gasteiger partial charge on any atom is 0.236 e. The summed E-state index contributed by atoms with van der Waals surface area (Å²) in [6.45, 7) is 2.11. The van der Waals surface area contributed by atoms with E-state index in [0.29, 0.717) is 12.6 Å². The zero-order valence-corrected chi connectivity index (χ0v) is 15.3. The third kappa shape index (κ3) is 4.04. The molecule has 0 spiro atoms. The highest BCUT2D eigenvalue weighted by Gasteiger charge is 2.37. The molecule has 0 unspecified atom stereocenters. The van der Waals surface area contributed by atoms with Crippen LogP contribution in [0.25, 0.3) is 0 Å². The molecule has 2 fully saturated rings. The SMILES string of the molecule is CN(C(=O)CN1CCC(C#N)(c2ccccc2)CC1)C1CCCCC1. The first-order valence-electron chi connectivity index (χ1n) is 9.59. The first-order valence-corrected chi connectivity index (χ1v) is 9.59. The highest BCUT2D eigenvalue weighted by molar-refractivity contribution is 5.78. The fourth-order valence-corrected chi connectivity index (χ4v) is 4.29. The molecule has 1 amide bonds. The summed E-state index contributed by atoms with van der Waals surface area (Å²) in [5.74, 6) is 0.232. The molecule has 0 aromatic heterocycles. The van der Waals surface area contributed by atoms with E-state index in [9.17, 15) is 10.1 Å². The minimum absolute atomic E-state index is 0.232. The van der Waals surface area contributed by atoms with E-state index in [0.717, 1.165) is 44.3 Å². The Labute approximate surface area is 151 Å². The number of carbonyl (C=O) groups excluding carboxylic acids is 1. The molecule has 4 heteroatoms. The molecule has 0 N–H and O–H groups in total. The van der Waals surface area contributed by atoms with Crippen LogP contribution in [0, 0.1) is 11.3 Å². The lowest BCUT2D eigenvalue weighted by Crippen LogP contribution is -2.48. The van der Waals surface area contributed by atoms with Crippen molar-refractivity contribution in [1.82, 2.24) is 9.80 Å². The molecule has 1 saturated carbocycles. The second-order valence-corrected chi connectivity index (χ2v) is 7.63. The average molecular weight is 339 g/mol. The van der Waals surface area contributed by atoms with E-state index < -0.39 is 5.41 Å². The smallest absolute Gasteiger partial charge is 0.236 e. The van der Waals surface area contributed by atoms with Gasteiger partial charge in [0.25, 0.3) is 0 Å². The number of nitriles is 1. The number of hydrogen-bond acceptors (Lipinski definition) is 3. The maximum atomic E-state index is 12.6. The molecule has 1 heterocycles. The Morgan fingerprint density at radius 2 is 1.84 bits per heavy atom. The van der Waals surface area contributed by atoms with Crippen LogP contribution in [0.15, 0.2) is 30.3 Å². The predicted molar refractivity (Wildman–Crippen MR) is 99.1 cm³/mol. The van der Waals surface area contributed by atoms with Crippen LogP contribution in [0.4, 0.5) is 0 Å². The molecule has 1 aromatic carbocycles. The van der Waals surface area contributed by atoms with E-state index in [1.54, 1.807) is 0 Å². The third-order valence-electron chi connectivity index (χ3n) is 6.12. The van der Waals surface area contributed by atoms with E-state index in [-0.39, 0.29) is 5.91 Å². The summed E-state index contributed by atoms with van der Waals surface area (Å²) in [5, 5.41) is 9.78. The minimum Gasteiger partial charge on any atom is -0.342 e. The summed E-state index contributed by atoms with van der Waals surface area (Å²) in [7, 11) is 1.96.